The number of nitrogens with one attached hydrogen (secondary N) is 3. The van der Waals surface area contributed by atoms with Crippen molar-refractivity contribution in [3.8, 4) is 0 Å². The Morgan fingerprint density at radius 3 is 2.35 bits per heavy atom. The molecule has 0 bridgehead atoms. The fraction of sp³-hybridized carbons (Fsp3) is 0.300. The van der Waals surface area contributed by atoms with Crippen LogP contribution in [0.15, 0.2) is 48.5 Å². The van der Waals surface area contributed by atoms with Crippen LogP contribution < -0.4 is 20.9 Å². The Labute approximate surface area is 154 Å². The van der Waals surface area contributed by atoms with E-state index in [0.717, 1.165) is 11.3 Å². The van der Waals surface area contributed by atoms with E-state index in [2.05, 4.69) is 16.0 Å². The van der Waals surface area contributed by atoms with Gasteiger partial charge in [0, 0.05) is 43.6 Å². The van der Waals surface area contributed by atoms with Crippen LogP contribution in [0.2, 0.25) is 0 Å². The molecule has 2 rings (SSSR count). The molecule has 0 saturated carbocycles. The molecule has 0 radical (unpaired) electrons. The molecule has 0 aliphatic rings. The van der Waals surface area contributed by atoms with Crippen molar-refractivity contribution >= 4 is 23.3 Å². The van der Waals surface area contributed by atoms with E-state index in [4.69, 9.17) is 0 Å². The third-order valence-electron chi connectivity index (χ3n) is 3.71. The maximum Gasteiger partial charge on any atom is 0.319 e. The number of rotatable bonds is 6. The standard InChI is InChI=1S/C20H26N4O2/c1-14(2)22-20(26)23-17-7-5-6-16(12-17)19(25)21-13-15-8-10-18(11-9-15)24(3)4/h5-12,14H,13H2,1-4H3,(H,21,25)(H2,22,23,26). The summed E-state index contributed by atoms with van der Waals surface area (Å²) in [6.45, 7) is 4.21. The molecule has 0 unspecified atom stereocenters. The molecule has 0 saturated heterocycles. The number of carbonyl (C=O) groups is 2. The highest BCUT2D eigenvalue weighted by atomic mass is 16.2. The van der Waals surface area contributed by atoms with Crippen LogP contribution in [0.4, 0.5) is 16.2 Å². The highest BCUT2D eigenvalue weighted by molar-refractivity contribution is 5.96. The molecule has 0 spiro atoms. The van der Waals surface area contributed by atoms with Gasteiger partial charge in [-0.05, 0) is 49.7 Å². The Morgan fingerprint density at radius 1 is 1.04 bits per heavy atom. The first-order chi connectivity index (χ1) is 12.3. The second-order valence-electron chi connectivity index (χ2n) is 6.58. The van der Waals surface area contributed by atoms with E-state index >= 15 is 0 Å². The van der Waals surface area contributed by atoms with Gasteiger partial charge in [0.05, 0.1) is 0 Å². The lowest BCUT2D eigenvalue weighted by atomic mass is 10.1. The van der Waals surface area contributed by atoms with Crippen molar-refractivity contribution in [2.45, 2.75) is 26.4 Å². The molecular weight excluding hydrogens is 328 g/mol. The maximum atomic E-state index is 12.4. The predicted molar refractivity (Wildman–Crippen MR) is 106 cm³/mol. The van der Waals surface area contributed by atoms with Gasteiger partial charge in [-0.15, -0.1) is 0 Å². The molecule has 6 nitrogen and oxygen atoms in total. The van der Waals surface area contributed by atoms with Gasteiger partial charge in [-0.2, -0.15) is 0 Å². The van der Waals surface area contributed by atoms with E-state index in [-0.39, 0.29) is 18.0 Å². The van der Waals surface area contributed by atoms with Gasteiger partial charge in [0.1, 0.15) is 0 Å². The number of hydrogen-bond acceptors (Lipinski definition) is 3. The summed E-state index contributed by atoms with van der Waals surface area (Å²) in [5, 5.41) is 8.37. The largest absolute Gasteiger partial charge is 0.378 e. The van der Waals surface area contributed by atoms with Crippen LogP contribution in [-0.2, 0) is 6.54 Å². The van der Waals surface area contributed by atoms with Crippen molar-refractivity contribution in [2.24, 2.45) is 0 Å². The fourth-order valence-electron chi connectivity index (χ4n) is 2.36. The first kappa shape index (κ1) is 19.3. The average molecular weight is 354 g/mol. The smallest absolute Gasteiger partial charge is 0.319 e. The zero-order chi connectivity index (χ0) is 19.1. The number of anilines is 2. The third kappa shape index (κ3) is 5.81. The molecule has 6 heteroatoms. The predicted octanol–water partition coefficient (Wildman–Crippen LogP) is 3.21. The summed E-state index contributed by atoms with van der Waals surface area (Å²) in [6, 6.07) is 14.6. The van der Waals surface area contributed by atoms with Crippen molar-refractivity contribution in [1.29, 1.82) is 0 Å². The van der Waals surface area contributed by atoms with Crippen molar-refractivity contribution in [3.05, 3.63) is 59.7 Å². The molecule has 0 aromatic heterocycles. The fourth-order valence-corrected chi connectivity index (χ4v) is 2.36. The molecule has 2 aromatic carbocycles. The highest BCUT2D eigenvalue weighted by Crippen LogP contribution is 2.13. The quantitative estimate of drug-likeness (QED) is 0.746. The van der Waals surface area contributed by atoms with Gasteiger partial charge in [0.15, 0.2) is 0 Å². The van der Waals surface area contributed by atoms with E-state index in [1.165, 1.54) is 0 Å². The summed E-state index contributed by atoms with van der Waals surface area (Å²) < 4.78 is 0. The van der Waals surface area contributed by atoms with Gasteiger partial charge in [-0.3, -0.25) is 4.79 Å². The van der Waals surface area contributed by atoms with Crippen LogP contribution in [0.25, 0.3) is 0 Å². The van der Waals surface area contributed by atoms with Gasteiger partial charge in [-0.1, -0.05) is 18.2 Å². The Balaban J connectivity index is 1.94. The first-order valence-corrected chi connectivity index (χ1v) is 8.57. The van der Waals surface area contributed by atoms with Crippen molar-refractivity contribution in [1.82, 2.24) is 10.6 Å². The molecule has 0 atom stereocenters. The second-order valence-corrected chi connectivity index (χ2v) is 6.58. The lowest BCUT2D eigenvalue weighted by Crippen LogP contribution is -2.34. The van der Waals surface area contributed by atoms with Crippen LogP contribution in [-0.4, -0.2) is 32.1 Å². The molecule has 0 aliphatic heterocycles. The van der Waals surface area contributed by atoms with Gasteiger partial charge < -0.3 is 20.9 Å². The SMILES string of the molecule is CC(C)NC(=O)Nc1cccc(C(=O)NCc2ccc(N(C)C)cc2)c1. The van der Waals surface area contributed by atoms with Crippen molar-refractivity contribution < 1.29 is 9.59 Å². The minimum atomic E-state index is -0.293. The number of benzene rings is 2. The van der Waals surface area contributed by atoms with Crippen LogP contribution >= 0.6 is 0 Å². The Hall–Kier alpha value is -3.02. The number of nitrogens with zero attached hydrogens (tertiary/aromatic N) is 1. The second kappa shape index (κ2) is 8.89. The van der Waals surface area contributed by atoms with Gasteiger partial charge >= 0.3 is 6.03 Å². The lowest BCUT2D eigenvalue weighted by molar-refractivity contribution is 0.0951. The molecular formula is C20H26N4O2. The van der Waals surface area contributed by atoms with E-state index < -0.39 is 0 Å². The molecule has 26 heavy (non-hydrogen) atoms. The van der Waals surface area contributed by atoms with E-state index in [1.54, 1.807) is 24.3 Å². The van der Waals surface area contributed by atoms with Crippen molar-refractivity contribution in [2.75, 3.05) is 24.3 Å². The monoisotopic (exact) mass is 354 g/mol. The average Bonchev–Trinajstić information content (AvgIpc) is 2.59. The molecule has 3 amide bonds. The van der Waals surface area contributed by atoms with E-state index in [1.807, 2.05) is 57.1 Å². The number of urea groups is 1. The van der Waals surface area contributed by atoms with Crippen LogP contribution in [0, 0.1) is 0 Å². The van der Waals surface area contributed by atoms with Crippen LogP contribution in [0.3, 0.4) is 0 Å². The summed E-state index contributed by atoms with van der Waals surface area (Å²) in [7, 11) is 3.97. The minimum absolute atomic E-state index is 0.0420. The zero-order valence-electron chi connectivity index (χ0n) is 15.7. The summed E-state index contributed by atoms with van der Waals surface area (Å²) >= 11 is 0. The van der Waals surface area contributed by atoms with Gasteiger partial charge in [-0.25, -0.2) is 4.79 Å². The third-order valence-corrected chi connectivity index (χ3v) is 3.71. The van der Waals surface area contributed by atoms with Crippen molar-refractivity contribution in [3.63, 3.8) is 0 Å². The first-order valence-electron chi connectivity index (χ1n) is 8.57. The van der Waals surface area contributed by atoms with Gasteiger partial charge in [0.2, 0.25) is 0 Å². The normalized spacial score (nSPS) is 10.3. The molecule has 3 N–H and O–H groups in total. The van der Waals surface area contributed by atoms with E-state index in [0.29, 0.717) is 17.8 Å². The Bertz CT molecular complexity index is 755. The molecule has 0 heterocycles. The number of amides is 3. The highest BCUT2D eigenvalue weighted by Gasteiger charge is 2.08. The summed E-state index contributed by atoms with van der Waals surface area (Å²) in [6.07, 6.45) is 0. The van der Waals surface area contributed by atoms with Crippen LogP contribution in [0.5, 0.6) is 0 Å². The Morgan fingerprint density at radius 2 is 1.73 bits per heavy atom. The number of hydrogen-bond donors (Lipinski definition) is 3. The molecule has 2 aromatic rings. The molecule has 0 aliphatic carbocycles. The molecule has 0 fully saturated rings. The minimum Gasteiger partial charge on any atom is -0.378 e. The topological polar surface area (TPSA) is 73.5 Å². The number of carbonyl (C=O) groups excluding carboxylic acids is 2. The van der Waals surface area contributed by atoms with Crippen LogP contribution in [0.1, 0.15) is 29.8 Å². The Kier molecular flexibility index (Phi) is 6.60. The zero-order valence-corrected chi connectivity index (χ0v) is 15.7. The van der Waals surface area contributed by atoms with Gasteiger partial charge in [0.25, 0.3) is 5.91 Å². The summed E-state index contributed by atoms with van der Waals surface area (Å²) in [4.78, 5) is 26.1. The molecule has 138 valence electrons. The summed E-state index contributed by atoms with van der Waals surface area (Å²) in [5.74, 6) is -0.186. The maximum absolute atomic E-state index is 12.4. The lowest BCUT2D eigenvalue weighted by Gasteiger charge is -2.13. The summed E-state index contributed by atoms with van der Waals surface area (Å²) in [5.41, 5.74) is 3.21. The van der Waals surface area contributed by atoms with E-state index in [9.17, 15) is 9.59 Å².